The predicted molar refractivity (Wildman–Crippen MR) is 94.6 cm³/mol. The predicted octanol–water partition coefficient (Wildman–Crippen LogP) is 2.79. The fourth-order valence-electron chi connectivity index (χ4n) is 2.24. The Balaban J connectivity index is 1.66. The number of benzene rings is 2. The number of ether oxygens (including phenoxy) is 1. The first-order valence-electron chi connectivity index (χ1n) is 7.55. The van der Waals surface area contributed by atoms with Crippen LogP contribution in [0.25, 0.3) is 10.9 Å². The third-order valence-corrected chi connectivity index (χ3v) is 3.54. The van der Waals surface area contributed by atoms with Crippen LogP contribution in [0.3, 0.4) is 0 Å². The third-order valence-electron chi connectivity index (χ3n) is 3.54. The number of amides is 1. The quantitative estimate of drug-likeness (QED) is 0.452. The van der Waals surface area contributed by atoms with Crippen molar-refractivity contribution in [3.63, 3.8) is 0 Å². The number of carbonyl (C=O) groups is 2. The summed E-state index contributed by atoms with van der Waals surface area (Å²) in [4.78, 5) is 27.8. The Morgan fingerprint density at radius 1 is 1.04 bits per heavy atom. The van der Waals surface area contributed by atoms with Crippen LogP contribution in [-0.2, 0) is 4.74 Å². The molecule has 0 spiro atoms. The number of carbonyl (C=O) groups excluding carboxylic acids is 2. The van der Waals surface area contributed by atoms with Crippen molar-refractivity contribution in [2.75, 3.05) is 7.11 Å². The molecule has 1 amide bonds. The topological polar surface area (TPSA) is 80.6 Å². The van der Waals surface area contributed by atoms with Gasteiger partial charge in [0.25, 0.3) is 5.91 Å². The Hall–Kier alpha value is -3.54. The van der Waals surface area contributed by atoms with E-state index in [1.54, 1.807) is 30.3 Å². The highest BCUT2D eigenvalue weighted by Gasteiger charge is 2.07. The number of hydrazone groups is 1. The Bertz CT molecular complexity index is 950. The number of rotatable bonds is 4. The lowest BCUT2D eigenvalue weighted by Gasteiger charge is -2.02. The largest absolute Gasteiger partial charge is 0.465 e. The van der Waals surface area contributed by atoms with Gasteiger partial charge < -0.3 is 4.74 Å². The van der Waals surface area contributed by atoms with Crippen molar-refractivity contribution in [2.24, 2.45) is 5.10 Å². The van der Waals surface area contributed by atoms with Gasteiger partial charge in [-0.3, -0.25) is 4.79 Å². The molecule has 0 unspecified atom stereocenters. The van der Waals surface area contributed by atoms with Crippen LogP contribution in [0.1, 0.15) is 26.4 Å². The molecule has 124 valence electrons. The maximum atomic E-state index is 12.1. The van der Waals surface area contributed by atoms with E-state index in [-0.39, 0.29) is 5.69 Å². The van der Waals surface area contributed by atoms with Gasteiger partial charge in [0.15, 0.2) is 0 Å². The summed E-state index contributed by atoms with van der Waals surface area (Å²) >= 11 is 0. The minimum atomic E-state index is -0.404. The molecule has 25 heavy (non-hydrogen) atoms. The molecule has 3 aromatic rings. The van der Waals surface area contributed by atoms with Crippen molar-refractivity contribution in [3.8, 4) is 0 Å². The molecule has 0 saturated carbocycles. The van der Waals surface area contributed by atoms with E-state index in [9.17, 15) is 9.59 Å². The zero-order valence-corrected chi connectivity index (χ0v) is 13.5. The molecule has 6 nitrogen and oxygen atoms in total. The zero-order chi connectivity index (χ0) is 17.6. The highest BCUT2D eigenvalue weighted by molar-refractivity contribution is 5.95. The number of fused-ring (bicyclic) bond motifs is 1. The smallest absolute Gasteiger partial charge is 0.337 e. The Morgan fingerprint density at radius 3 is 2.56 bits per heavy atom. The maximum Gasteiger partial charge on any atom is 0.337 e. The van der Waals surface area contributed by atoms with Crippen molar-refractivity contribution >= 4 is 29.0 Å². The molecule has 0 radical (unpaired) electrons. The molecule has 0 saturated heterocycles. The third kappa shape index (κ3) is 3.87. The van der Waals surface area contributed by atoms with E-state index < -0.39 is 11.9 Å². The first-order valence-corrected chi connectivity index (χ1v) is 7.55. The SMILES string of the molecule is COC(=O)c1ccc(/C=N/NC(=O)c2ccc3ccccc3n2)cc1. The summed E-state index contributed by atoms with van der Waals surface area (Å²) in [5.74, 6) is -0.799. The minimum Gasteiger partial charge on any atom is -0.465 e. The van der Waals surface area contributed by atoms with Gasteiger partial charge in [-0.05, 0) is 29.8 Å². The van der Waals surface area contributed by atoms with Crippen LogP contribution in [0.4, 0.5) is 0 Å². The van der Waals surface area contributed by atoms with Gasteiger partial charge in [0.2, 0.25) is 0 Å². The minimum absolute atomic E-state index is 0.289. The van der Waals surface area contributed by atoms with Gasteiger partial charge in [-0.15, -0.1) is 0 Å². The second-order valence-corrected chi connectivity index (χ2v) is 5.20. The summed E-state index contributed by atoms with van der Waals surface area (Å²) in [6.07, 6.45) is 1.49. The second-order valence-electron chi connectivity index (χ2n) is 5.20. The molecule has 1 N–H and O–H groups in total. The summed E-state index contributed by atoms with van der Waals surface area (Å²) in [7, 11) is 1.33. The molecule has 0 aliphatic heterocycles. The number of aromatic nitrogens is 1. The van der Waals surface area contributed by atoms with Crippen molar-refractivity contribution in [1.82, 2.24) is 10.4 Å². The van der Waals surface area contributed by atoms with Gasteiger partial charge in [0.05, 0.1) is 24.4 Å². The van der Waals surface area contributed by atoms with Crippen LogP contribution in [-0.4, -0.2) is 30.2 Å². The number of nitrogens with zero attached hydrogens (tertiary/aromatic N) is 2. The number of nitrogens with one attached hydrogen (secondary N) is 1. The molecule has 0 aliphatic carbocycles. The van der Waals surface area contributed by atoms with Crippen LogP contribution >= 0.6 is 0 Å². The summed E-state index contributed by atoms with van der Waals surface area (Å²) in [6.45, 7) is 0. The van der Waals surface area contributed by atoms with E-state index in [1.165, 1.54) is 13.3 Å². The molecule has 0 aliphatic rings. The Morgan fingerprint density at radius 2 is 1.80 bits per heavy atom. The van der Waals surface area contributed by atoms with Crippen LogP contribution < -0.4 is 5.43 Å². The van der Waals surface area contributed by atoms with Gasteiger partial charge >= 0.3 is 5.97 Å². The summed E-state index contributed by atoms with van der Waals surface area (Å²) in [6, 6.07) is 17.7. The highest BCUT2D eigenvalue weighted by Crippen LogP contribution is 2.11. The number of pyridine rings is 1. The molecule has 2 aromatic carbocycles. The van der Waals surface area contributed by atoms with E-state index in [0.717, 1.165) is 16.5 Å². The lowest BCUT2D eigenvalue weighted by Crippen LogP contribution is -2.18. The molecule has 1 aromatic heterocycles. The van der Waals surface area contributed by atoms with Crippen molar-refractivity contribution in [2.45, 2.75) is 0 Å². The van der Waals surface area contributed by atoms with Crippen LogP contribution in [0.15, 0.2) is 65.8 Å². The molecule has 6 heteroatoms. The summed E-state index contributed by atoms with van der Waals surface area (Å²) < 4.78 is 4.63. The first-order chi connectivity index (χ1) is 12.2. The van der Waals surface area contributed by atoms with Crippen LogP contribution in [0, 0.1) is 0 Å². The fourth-order valence-corrected chi connectivity index (χ4v) is 2.24. The number of para-hydroxylation sites is 1. The van der Waals surface area contributed by atoms with Crippen LogP contribution in [0.5, 0.6) is 0 Å². The summed E-state index contributed by atoms with van der Waals surface area (Å²) in [5.41, 5.74) is 4.66. The van der Waals surface area contributed by atoms with Crippen molar-refractivity contribution < 1.29 is 14.3 Å². The van der Waals surface area contributed by atoms with Crippen molar-refractivity contribution in [1.29, 1.82) is 0 Å². The Kier molecular flexibility index (Phi) is 4.80. The monoisotopic (exact) mass is 333 g/mol. The van der Waals surface area contributed by atoms with Gasteiger partial charge in [-0.25, -0.2) is 15.2 Å². The second kappa shape index (κ2) is 7.35. The van der Waals surface area contributed by atoms with E-state index in [4.69, 9.17) is 0 Å². The fraction of sp³-hybridized carbons (Fsp3) is 0.0526. The van der Waals surface area contributed by atoms with Gasteiger partial charge in [-0.1, -0.05) is 36.4 Å². The lowest BCUT2D eigenvalue weighted by atomic mass is 10.1. The van der Waals surface area contributed by atoms with Gasteiger partial charge in [0.1, 0.15) is 5.69 Å². The standard InChI is InChI=1S/C19H15N3O3/c1-25-19(24)15-8-6-13(7-9-15)12-20-22-18(23)17-11-10-14-4-2-3-5-16(14)21-17/h2-12H,1H3,(H,22,23)/b20-12+. The van der Waals surface area contributed by atoms with Crippen LogP contribution in [0.2, 0.25) is 0 Å². The molecule has 3 rings (SSSR count). The average molecular weight is 333 g/mol. The van der Waals surface area contributed by atoms with E-state index in [0.29, 0.717) is 5.56 Å². The molecule has 0 bridgehead atoms. The van der Waals surface area contributed by atoms with Gasteiger partial charge in [0, 0.05) is 5.39 Å². The lowest BCUT2D eigenvalue weighted by molar-refractivity contribution is 0.0600. The maximum absolute atomic E-state index is 12.1. The molecular formula is C19H15N3O3. The molecule has 0 fully saturated rings. The first kappa shape index (κ1) is 16.3. The number of esters is 1. The number of methoxy groups -OCH3 is 1. The highest BCUT2D eigenvalue weighted by atomic mass is 16.5. The zero-order valence-electron chi connectivity index (χ0n) is 13.5. The average Bonchev–Trinajstić information content (AvgIpc) is 2.67. The van der Waals surface area contributed by atoms with E-state index >= 15 is 0 Å². The van der Waals surface area contributed by atoms with E-state index in [1.807, 2.05) is 30.3 Å². The summed E-state index contributed by atoms with van der Waals surface area (Å²) in [5, 5.41) is 4.88. The number of hydrogen-bond acceptors (Lipinski definition) is 5. The molecule has 1 heterocycles. The number of hydrogen-bond donors (Lipinski definition) is 1. The van der Waals surface area contributed by atoms with Crippen molar-refractivity contribution in [3.05, 3.63) is 77.5 Å². The Labute approximate surface area is 144 Å². The van der Waals surface area contributed by atoms with E-state index in [2.05, 4.69) is 20.2 Å². The normalized spacial score (nSPS) is 10.8. The molecule has 0 atom stereocenters. The van der Waals surface area contributed by atoms with Gasteiger partial charge in [-0.2, -0.15) is 5.10 Å². The molecular weight excluding hydrogens is 318 g/mol.